The molecular weight excluding hydrogens is 324 g/mol. The molecule has 0 saturated carbocycles. The highest BCUT2D eigenvalue weighted by atomic mass is 16.7. The van der Waals surface area contributed by atoms with Gasteiger partial charge in [-0.25, -0.2) is 4.79 Å². The summed E-state index contributed by atoms with van der Waals surface area (Å²) in [4.78, 5) is 31.9. The maximum Gasteiger partial charge on any atom is 0.369 e. The molecule has 8 heteroatoms. The van der Waals surface area contributed by atoms with Gasteiger partial charge >= 0.3 is 5.97 Å². The summed E-state index contributed by atoms with van der Waals surface area (Å²) in [7, 11) is 3.25. The number of carbonyl (C=O) groups excluding carboxylic acids is 2. The second-order valence-electron chi connectivity index (χ2n) is 5.40. The lowest BCUT2D eigenvalue weighted by Gasteiger charge is -2.13. The van der Waals surface area contributed by atoms with Gasteiger partial charge in [0.15, 0.2) is 6.61 Å². The molecule has 0 aliphatic carbocycles. The third kappa shape index (κ3) is 3.57. The van der Waals surface area contributed by atoms with Crippen LogP contribution in [0.5, 0.6) is 5.75 Å². The van der Waals surface area contributed by atoms with Gasteiger partial charge in [-0.3, -0.25) is 4.79 Å². The summed E-state index contributed by atoms with van der Waals surface area (Å²) in [6, 6.07) is 13.6. The number of rotatable bonds is 5. The SMILES string of the molecule is CN(C)C(=O)COc1ccccc1C(=O)On1nnc2ccccc21. The van der Waals surface area contributed by atoms with Crippen molar-refractivity contribution in [3.05, 3.63) is 54.1 Å². The number of ether oxygens (including phenoxy) is 1. The third-order valence-electron chi connectivity index (χ3n) is 3.45. The van der Waals surface area contributed by atoms with Crippen molar-refractivity contribution in [2.24, 2.45) is 0 Å². The standard InChI is InChI=1S/C17H16N4O4/c1-20(2)16(22)11-24-15-10-6-3-7-12(15)17(23)25-21-14-9-5-4-8-13(14)18-19-21/h3-10H,11H2,1-2H3. The van der Waals surface area contributed by atoms with Crippen LogP contribution in [-0.2, 0) is 4.79 Å². The normalized spacial score (nSPS) is 10.5. The van der Waals surface area contributed by atoms with Gasteiger partial charge in [-0.15, -0.1) is 5.10 Å². The van der Waals surface area contributed by atoms with E-state index in [0.717, 1.165) is 4.85 Å². The molecule has 0 unspecified atom stereocenters. The maximum absolute atomic E-state index is 12.5. The predicted octanol–water partition coefficient (Wildman–Crippen LogP) is 1.17. The molecule has 0 spiro atoms. The van der Waals surface area contributed by atoms with Gasteiger partial charge < -0.3 is 14.5 Å². The van der Waals surface area contributed by atoms with E-state index in [2.05, 4.69) is 10.3 Å². The van der Waals surface area contributed by atoms with Gasteiger partial charge in [0.25, 0.3) is 5.91 Å². The monoisotopic (exact) mass is 340 g/mol. The average molecular weight is 340 g/mol. The molecule has 1 aromatic heterocycles. The highest BCUT2D eigenvalue weighted by Crippen LogP contribution is 2.19. The molecule has 0 atom stereocenters. The molecule has 0 aliphatic heterocycles. The number of benzene rings is 2. The molecule has 128 valence electrons. The molecule has 8 nitrogen and oxygen atoms in total. The van der Waals surface area contributed by atoms with E-state index in [4.69, 9.17) is 9.57 Å². The molecule has 3 rings (SSSR count). The topological polar surface area (TPSA) is 86.5 Å². The zero-order chi connectivity index (χ0) is 17.8. The summed E-state index contributed by atoms with van der Waals surface area (Å²) in [6.07, 6.45) is 0. The van der Waals surface area contributed by atoms with Crippen LogP contribution in [0.4, 0.5) is 0 Å². The van der Waals surface area contributed by atoms with Crippen molar-refractivity contribution in [2.75, 3.05) is 20.7 Å². The molecule has 3 aromatic rings. The first-order chi connectivity index (χ1) is 12.1. The number of nitrogens with zero attached hydrogens (tertiary/aromatic N) is 4. The van der Waals surface area contributed by atoms with Crippen LogP contribution < -0.4 is 9.57 Å². The Morgan fingerprint density at radius 3 is 2.60 bits per heavy atom. The number of fused-ring (bicyclic) bond motifs is 1. The largest absolute Gasteiger partial charge is 0.483 e. The summed E-state index contributed by atoms with van der Waals surface area (Å²) in [5.74, 6) is -0.624. The molecule has 0 aliphatic rings. The van der Waals surface area contributed by atoms with Gasteiger partial charge in [-0.05, 0) is 29.5 Å². The lowest BCUT2D eigenvalue weighted by atomic mass is 10.2. The van der Waals surface area contributed by atoms with E-state index < -0.39 is 5.97 Å². The number of likely N-dealkylation sites (N-methyl/N-ethyl adjacent to an activating group) is 1. The van der Waals surface area contributed by atoms with E-state index in [0.29, 0.717) is 11.0 Å². The van der Waals surface area contributed by atoms with Crippen molar-refractivity contribution in [3.8, 4) is 5.75 Å². The smallest absolute Gasteiger partial charge is 0.369 e. The molecule has 0 radical (unpaired) electrons. The zero-order valence-electron chi connectivity index (χ0n) is 13.7. The molecule has 1 amide bonds. The number of hydrogen-bond donors (Lipinski definition) is 0. The molecular formula is C17H16N4O4. The van der Waals surface area contributed by atoms with Gasteiger partial charge in [0.2, 0.25) is 0 Å². The van der Waals surface area contributed by atoms with Gasteiger partial charge in [0, 0.05) is 14.1 Å². The average Bonchev–Trinajstić information content (AvgIpc) is 3.03. The van der Waals surface area contributed by atoms with Gasteiger partial charge in [0.1, 0.15) is 22.3 Å². The van der Waals surface area contributed by atoms with Crippen molar-refractivity contribution < 1.29 is 19.2 Å². The fraction of sp³-hybridized carbons (Fsp3) is 0.176. The number of aromatic nitrogens is 3. The first kappa shape index (κ1) is 16.4. The predicted molar refractivity (Wildman–Crippen MR) is 89.1 cm³/mol. The van der Waals surface area contributed by atoms with Crippen LogP contribution in [0.25, 0.3) is 11.0 Å². The molecule has 0 N–H and O–H groups in total. The van der Waals surface area contributed by atoms with E-state index >= 15 is 0 Å². The first-order valence-corrected chi connectivity index (χ1v) is 7.51. The summed E-state index contributed by atoms with van der Waals surface area (Å²) in [5, 5.41) is 7.73. The Morgan fingerprint density at radius 2 is 1.80 bits per heavy atom. The number of hydrogen-bond acceptors (Lipinski definition) is 6. The lowest BCUT2D eigenvalue weighted by molar-refractivity contribution is -0.130. The van der Waals surface area contributed by atoms with Crippen molar-refractivity contribution in [3.63, 3.8) is 0 Å². The Balaban J connectivity index is 1.79. The minimum atomic E-state index is -0.663. The highest BCUT2D eigenvalue weighted by Gasteiger charge is 2.18. The summed E-state index contributed by atoms with van der Waals surface area (Å²) >= 11 is 0. The second kappa shape index (κ2) is 7.00. The fourth-order valence-electron chi connectivity index (χ4n) is 2.07. The highest BCUT2D eigenvalue weighted by molar-refractivity contribution is 5.93. The Hall–Kier alpha value is -3.42. The number of amides is 1. The van der Waals surface area contributed by atoms with Gasteiger partial charge in [-0.1, -0.05) is 29.1 Å². The van der Waals surface area contributed by atoms with E-state index in [1.165, 1.54) is 4.90 Å². The van der Waals surface area contributed by atoms with Gasteiger partial charge in [0.05, 0.1) is 0 Å². The summed E-state index contributed by atoms with van der Waals surface area (Å²) < 4.78 is 5.45. The van der Waals surface area contributed by atoms with E-state index in [1.807, 2.05) is 6.07 Å². The van der Waals surface area contributed by atoms with E-state index in [-0.39, 0.29) is 23.8 Å². The Bertz CT molecular complexity index is 920. The molecule has 0 bridgehead atoms. The van der Waals surface area contributed by atoms with Crippen LogP contribution in [0.2, 0.25) is 0 Å². The second-order valence-corrected chi connectivity index (χ2v) is 5.40. The van der Waals surface area contributed by atoms with Crippen molar-refractivity contribution in [1.29, 1.82) is 0 Å². The molecule has 25 heavy (non-hydrogen) atoms. The van der Waals surface area contributed by atoms with E-state index in [1.54, 1.807) is 56.6 Å². The van der Waals surface area contributed by atoms with Crippen molar-refractivity contribution in [2.45, 2.75) is 0 Å². The quantitative estimate of drug-likeness (QED) is 0.648. The number of carbonyl (C=O) groups is 2. The Kier molecular flexibility index (Phi) is 4.60. The molecule has 0 fully saturated rings. The first-order valence-electron chi connectivity index (χ1n) is 7.51. The minimum Gasteiger partial charge on any atom is -0.483 e. The minimum absolute atomic E-state index is 0.177. The number of para-hydroxylation sites is 2. The molecule has 0 saturated heterocycles. The van der Waals surface area contributed by atoms with Crippen LogP contribution in [0, 0.1) is 0 Å². The van der Waals surface area contributed by atoms with Crippen LogP contribution in [-0.4, -0.2) is 52.6 Å². The third-order valence-corrected chi connectivity index (χ3v) is 3.45. The van der Waals surface area contributed by atoms with Crippen molar-refractivity contribution >= 4 is 22.9 Å². The summed E-state index contributed by atoms with van der Waals surface area (Å²) in [6.45, 7) is -0.177. The Morgan fingerprint density at radius 1 is 1.08 bits per heavy atom. The van der Waals surface area contributed by atoms with Crippen LogP contribution in [0.3, 0.4) is 0 Å². The van der Waals surface area contributed by atoms with Crippen molar-refractivity contribution in [1.82, 2.24) is 20.1 Å². The fourth-order valence-corrected chi connectivity index (χ4v) is 2.07. The molecule has 1 heterocycles. The zero-order valence-corrected chi connectivity index (χ0v) is 13.7. The summed E-state index contributed by atoms with van der Waals surface area (Å²) in [5.41, 5.74) is 1.36. The van der Waals surface area contributed by atoms with E-state index in [9.17, 15) is 9.59 Å². The Labute approximate surface area is 143 Å². The molecule has 2 aromatic carbocycles. The van der Waals surface area contributed by atoms with Crippen LogP contribution in [0.15, 0.2) is 48.5 Å². The maximum atomic E-state index is 12.5. The van der Waals surface area contributed by atoms with Crippen LogP contribution >= 0.6 is 0 Å². The van der Waals surface area contributed by atoms with Gasteiger partial charge in [-0.2, -0.15) is 0 Å². The van der Waals surface area contributed by atoms with Crippen LogP contribution in [0.1, 0.15) is 10.4 Å². The lowest BCUT2D eigenvalue weighted by Crippen LogP contribution is -2.28.